The van der Waals surface area contributed by atoms with Gasteiger partial charge in [-0.2, -0.15) is 4.21 Å². The second-order valence-corrected chi connectivity index (χ2v) is 0.692. The van der Waals surface area contributed by atoms with E-state index in [4.69, 9.17) is 13.3 Å². The summed E-state index contributed by atoms with van der Waals surface area (Å²) in [4.78, 5) is 0. The third-order valence-electron chi connectivity index (χ3n) is 0. The Kier molecular flexibility index (Phi) is 27.5. The van der Waals surface area contributed by atoms with Gasteiger partial charge in [-0.3, -0.25) is 9.11 Å². The molecule has 0 saturated carbocycles. The third kappa shape index (κ3) is 31.9. The van der Waals surface area contributed by atoms with Crippen molar-refractivity contribution >= 4 is 11.4 Å². The van der Waals surface area contributed by atoms with Gasteiger partial charge in [0.15, 0.2) is 0 Å². The van der Waals surface area contributed by atoms with Gasteiger partial charge in [-0.25, -0.2) is 0 Å². The van der Waals surface area contributed by atoms with Gasteiger partial charge in [0.25, 0.3) is 11.4 Å². The first-order chi connectivity index (χ1) is 1.73. The fourth-order valence-corrected chi connectivity index (χ4v) is 0. The Bertz CT molecular complexity index is 33.8. The van der Waals surface area contributed by atoms with Gasteiger partial charge in [0, 0.05) is 0 Å². The molecule has 0 radical (unpaired) electrons. The van der Waals surface area contributed by atoms with Crippen molar-refractivity contribution in [1.82, 2.24) is 0 Å². The van der Waals surface area contributed by atoms with Gasteiger partial charge in [-0.05, 0) is 0 Å². The fourth-order valence-electron chi connectivity index (χ4n) is 0. The molecule has 0 heterocycles. The van der Waals surface area contributed by atoms with Crippen molar-refractivity contribution < 1.29 is 87.1 Å². The van der Waals surface area contributed by atoms with E-state index in [1.165, 1.54) is 0 Å². The third-order valence-corrected chi connectivity index (χ3v) is 0. The second kappa shape index (κ2) is 10.4. The monoisotopic (exact) mass is 318 g/mol. The molecule has 36 valence electrons. The molecule has 0 aliphatic carbocycles. The van der Waals surface area contributed by atoms with Crippen LogP contribution in [0.5, 0.6) is 0 Å². The maximum Gasteiger partial charge on any atom is 1.00 e. The van der Waals surface area contributed by atoms with E-state index in [0.717, 1.165) is 0 Å². The molecule has 3 nitrogen and oxygen atoms in total. The molecule has 0 aromatic heterocycles. The maximum atomic E-state index is 8.67. The molecule has 0 aromatic rings. The van der Waals surface area contributed by atoms with Crippen LogP contribution in [0.1, 0.15) is 0 Å². The van der Waals surface area contributed by atoms with Crippen molar-refractivity contribution in [2.24, 2.45) is 0 Å². The van der Waals surface area contributed by atoms with Gasteiger partial charge in [-0.15, -0.1) is 0 Å². The zero-order valence-corrected chi connectivity index (χ0v) is 9.12. The summed E-state index contributed by atoms with van der Waals surface area (Å²) in [5, 5.41) is 0. The van der Waals surface area contributed by atoms with Gasteiger partial charge < -0.3 is 0 Å². The van der Waals surface area contributed by atoms with Crippen molar-refractivity contribution in [2.45, 2.75) is 0 Å². The molecule has 0 atom stereocenters. The maximum absolute atomic E-state index is 8.67. The van der Waals surface area contributed by atoms with Crippen molar-refractivity contribution in [2.75, 3.05) is 0 Å². The summed E-state index contributed by atoms with van der Waals surface area (Å²) in [6, 6.07) is 0. The second-order valence-electron chi connectivity index (χ2n) is 0.231. The molecule has 2 N–H and O–H groups in total. The van der Waals surface area contributed by atoms with Crippen molar-refractivity contribution in [3.63, 3.8) is 0 Å². The summed E-state index contributed by atoms with van der Waals surface area (Å²) in [5.41, 5.74) is 0. The molecule has 0 amide bonds. The van der Waals surface area contributed by atoms with Gasteiger partial charge >= 0.3 is 73.8 Å². The number of hydrogen-bond donors (Lipinski definition) is 2. The Morgan fingerprint density at radius 2 is 1.33 bits per heavy atom. The van der Waals surface area contributed by atoms with Crippen molar-refractivity contribution in [3.05, 3.63) is 0 Å². The van der Waals surface area contributed by atoms with Crippen LogP contribution in [0.2, 0.25) is 0 Å². The van der Waals surface area contributed by atoms with Gasteiger partial charge in [0.2, 0.25) is 0 Å². The molecule has 6 heteroatoms. The molecule has 0 fully saturated rings. The first kappa shape index (κ1) is 15.8. The van der Waals surface area contributed by atoms with Crippen LogP contribution >= 0.6 is 0 Å². The molecule has 0 spiro atoms. The van der Waals surface area contributed by atoms with E-state index >= 15 is 0 Å². The van der Waals surface area contributed by atoms with E-state index < -0.39 is 11.4 Å². The normalized spacial score (nSPS) is 5.83. The first-order valence-electron chi connectivity index (χ1n) is 0.532. The molecule has 0 saturated heterocycles. The van der Waals surface area contributed by atoms with E-state index in [1.54, 1.807) is 0 Å². The van der Waals surface area contributed by atoms with E-state index in [1.807, 2.05) is 0 Å². The van der Waals surface area contributed by atoms with Crippen LogP contribution in [-0.2, 0) is 33.7 Å². The fraction of sp³-hybridized carbons (Fsp3) is 0. The van der Waals surface area contributed by atoms with Crippen LogP contribution in [0, 0.1) is 0 Å². The number of rotatable bonds is 0. The minimum absolute atomic E-state index is 0. The summed E-state index contributed by atoms with van der Waals surface area (Å²) < 4.78 is 22.8. The SMILES string of the molecule is O=S(O)O.[Au+].[K+]. The minimum Gasteiger partial charge on any atom is -0.284 e. The molecule has 0 aliphatic rings. The standard InChI is InChI=1S/Au.K.H2O3S/c;;1-4(2)3/h;;(H2,1,2,3)/q2*+1;. The van der Waals surface area contributed by atoms with E-state index in [0.29, 0.717) is 0 Å². The van der Waals surface area contributed by atoms with E-state index in [9.17, 15) is 0 Å². The zero-order chi connectivity index (χ0) is 3.58. The topological polar surface area (TPSA) is 57.5 Å². The quantitative estimate of drug-likeness (QED) is 0.363. The van der Waals surface area contributed by atoms with Crippen LogP contribution in [0.25, 0.3) is 0 Å². The average molecular weight is 318 g/mol. The van der Waals surface area contributed by atoms with E-state index in [-0.39, 0.29) is 73.8 Å². The van der Waals surface area contributed by atoms with Crippen LogP contribution in [0.4, 0.5) is 0 Å². The van der Waals surface area contributed by atoms with Crippen LogP contribution in [0.3, 0.4) is 0 Å². The molecule has 0 aromatic carbocycles. The Morgan fingerprint density at radius 1 is 1.33 bits per heavy atom. The average Bonchev–Trinajstić information content (AvgIpc) is 0.811. The molecule has 0 bridgehead atoms. The van der Waals surface area contributed by atoms with E-state index in [2.05, 4.69) is 0 Å². The molecule has 0 aliphatic heterocycles. The minimum atomic E-state index is -2.61. The molecular weight excluding hydrogens is 316 g/mol. The van der Waals surface area contributed by atoms with Gasteiger partial charge in [0.05, 0.1) is 0 Å². The van der Waals surface area contributed by atoms with Crippen LogP contribution in [-0.4, -0.2) is 13.3 Å². The Balaban J connectivity index is -0.0000000450. The summed E-state index contributed by atoms with van der Waals surface area (Å²) in [6.45, 7) is 0. The summed E-state index contributed by atoms with van der Waals surface area (Å²) in [7, 11) is 0. The first-order valence-corrected chi connectivity index (χ1v) is 1.60. The van der Waals surface area contributed by atoms with Gasteiger partial charge in [-0.1, -0.05) is 0 Å². The molecule has 6 heavy (non-hydrogen) atoms. The Hall–Kier alpha value is 2.45. The smallest absolute Gasteiger partial charge is 0.284 e. The summed E-state index contributed by atoms with van der Waals surface area (Å²) >= 11 is -2.61. The van der Waals surface area contributed by atoms with Crippen LogP contribution < -0.4 is 51.4 Å². The van der Waals surface area contributed by atoms with Crippen molar-refractivity contribution in [3.8, 4) is 0 Å². The Labute approximate surface area is 96.3 Å². The summed E-state index contributed by atoms with van der Waals surface area (Å²) in [6.07, 6.45) is 0. The van der Waals surface area contributed by atoms with Gasteiger partial charge in [0.1, 0.15) is 0 Å². The van der Waals surface area contributed by atoms with Crippen LogP contribution in [0.15, 0.2) is 0 Å². The largest absolute Gasteiger partial charge is 1.00 e. The molecular formula is H2AuKO3S+2. The predicted molar refractivity (Wildman–Crippen MR) is 13.4 cm³/mol. The number of hydrogen-bond acceptors (Lipinski definition) is 1. The zero-order valence-electron chi connectivity index (χ0n) is 3.01. The van der Waals surface area contributed by atoms with Crippen molar-refractivity contribution in [1.29, 1.82) is 0 Å². The predicted octanol–water partition coefficient (Wildman–Crippen LogP) is -3.32. The molecule has 0 unspecified atom stereocenters. The molecule has 0 rings (SSSR count). The Morgan fingerprint density at radius 3 is 1.33 bits per heavy atom. The summed E-state index contributed by atoms with van der Waals surface area (Å²) in [5.74, 6) is 0.